The number of alkyl halides is 3. The molecule has 0 aromatic heterocycles. The predicted molar refractivity (Wildman–Crippen MR) is 56.0 cm³/mol. The first-order valence-corrected chi connectivity index (χ1v) is 4.92. The van der Waals surface area contributed by atoms with Crippen LogP contribution in [-0.4, -0.2) is 23.0 Å². The van der Waals surface area contributed by atoms with Crippen LogP contribution in [0.25, 0.3) is 0 Å². The normalized spacial score (nSPS) is 12.9. The Morgan fingerprint density at radius 2 is 1.72 bits per heavy atom. The van der Waals surface area contributed by atoms with E-state index in [9.17, 15) is 22.8 Å². The molecule has 1 aromatic carbocycles. The minimum Gasteiger partial charge on any atom is -0.480 e. The molecule has 0 aliphatic carbocycles. The Morgan fingerprint density at radius 3 is 2.11 bits per heavy atom. The van der Waals surface area contributed by atoms with Crippen LogP contribution in [0.4, 0.5) is 13.2 Å². The molecule has 1 rings (SSSR count). The highest BCUT2D eigenvalue weighted by atomic mass is 19.4. The molecule has 0 heterocycles. The first-order valence-electron chi connectivity index (χ1n) is 4.92. The number of benzene rings is 1. The zero-order valence-electron chi connectivity index (χ0n) is 9.28. The first-order chi connectivity index (χ1) is 8.21. The van der Waals surface area contributed by atoms with Crippen LogP contribution >= 0.6 is 0 Å². The number of amides is 1. The van der Waals surface area contributed by atoms with Crippen molar-refractivity contribution in [2.45, 2.75) is 19.1 Å². The van der Waals surface area contributed by atoms with Crippen molar-refractivity contribution in [3.05, 3.63) is 35.4 Å². The fourth-order valence-electron chi connectivity index (χ4n) is 1.15. The summed E-state index contributed by atoms with van der Waals surface area (Å²) in [6.07, 6.45) is -4.47. The fourth-order valence-corrected chi connectivity index (χ4v) is 1.15. The van der Waals surface area contributed by atoms with Gasteiger partial charge in [-0.1, -0.05) is 0 Å². The zero-order valence-corrected chi connectivity index (χ0v) is 9.28. The minimum absolute atomic E-state index is 0.0314. The van der Waals surface area contributed by atoms with E-state index < -0.39 is 29.7 Å². The van der Waals surface area contributed by atoms with Crippen molar-refractivity contribution >= 4 is 11.9 Å². The van der Waals surface area contributed by atoms with E-state index in [0.717, 1.165) is 24.3 Å². The molecule has 4 nitrogen and oxygen atoms in total. The van der Waals surface area contributed by atoms with Crippen LogP contribution < -0.4 is 5.32 Å². The minimum atomic E-state index is -4.47. The number of carboxylic acids is 1. The van der Waals surface area contributed by atoms with Gasteiger partial charge in [-0.05, 0) is 31.2 Å². The van der Waals surface area contributed by atoms with Crippen LogP contribution in [0.3, 0.4) is 0 Å². The number of nitrogens with one attached hydrogen (secondary N) is 1. The summed E-state index contributed by atoms with van der Waals surface area (Å²) in [5.41, 5.74) is -0.901. The number of aliphatic carboxylic acids is 1. The van der Waals surface area contributed by atoms with Gasteiger partial charge in [0.25, 0.3) is 5.91 Å². The van der Waals surface area contributed by atoms with E-state index in [1.54, 1.807) is 0 Å². The van der Waals surface area contributed by atoms with Crippen molar-refractivity contribution in [2.24, 2.45) is 0 Å². The van der Waals surface area contributed by atoms with E-state index in [1.165, 1.54) is 6.92 Å². The summed E-state index contributed by atoms with van der Waals surface area (Å²) in [7, 11) is 0. The van der Waals surface area contributed by atoms with Crippen LogP contribution in [-0.2, 0) is 11.0 Å². The zero-order chi connectivity index (χ0) is 13.9. The Labute approximate surface area is 100 Å². The molecule has 0 aliphatic heterocycles. The molecule has 18 heavy (non-hydrogen) atoms. The van der Waals surface area contributed by atoms with Gasteiger partial charge < -0.3 is 10.4 Å². The molecule has 7 heteroatoms. The molecular formula is C11H10F3NO3. The van der Waals surface area contributed by atoms with Gasteiger partial charge in [0, 0.05) is 5.56 Å². The molecule has 0 radical (unpaired) electrons. The van der Waals surface area contributed by atoms with Crippen LogP contribution in [0.5, 0.6) is 0 Å². The number of carbonyl (C=O) groups excluding carboxylic acids is 1. The predicted octanol–water partition coefficient (Wildman–Crippen LogP) is 1.91. The Balaban J connectivity index is 2.80. The topological polar surface area (TPSA) is 66.4 Å². The van der Waals surface area contributed by atoms with Gasteiger partial charge in [0.2, 0.25) is 0 Å². The Morgan fingerprint density at radius 1 is 1.22 bits per heavy atom. The number of halogens is 3. The van der Waals surface area contributed by atoms with Gasteiger partial charge in [-0.15, -0.1) is 0 Å². The molecule has 1 atom stereocenters. The van der Waals surface area contributed by atoms with Gasteiger partial charge in [-0.25, -0.2) is 0 Å². The Hall–Kier alpha value is -2.05. The van der Waals surface area contributed by atoms with Crippen LogP contribution in [0.1, 0.15) is 22.8 Å². The summed E-state index contributed by atoms with van der Waals surface area (Å²) in [4.78, 5) is 22.0. The van der Waals surface area contributed by atoms with Gasteiger partial charge in [0.1, 0.15) is 6.04 Å². The molecule has 0 fully saturated rings. The number of rotatable bonds is 3. The van der Waals surface area contributed by atoms with E-state index in [4.69, 9.17) is 5.11 Å². The van der Waals surface area contributed by atoms with E-state index >= 15 is 0 Å². The highest BCUT2D eigenvalue weighted by molar-refractivity contribution is 5.96. The molecule has 1 amide bonds. The molecule has 0 spiro atoms. The molecule has 0 aliphatic rings. The largest absolute Gasteiger partial charge is 0.480 e. The molecule has 0 bridgehead atoms. The standard InChI is InChI=1S/C11H10F3NO3/c1-6(10(17)18)15-9(16)7-2-4-8(5-3-7)11(12,13)14/h2-6H,1H3,(H,15,16)(H,17,18)/t6-/m0/s1. The second kappa shape index (κ2) is 5.07. The summed E-state index contributed by atoms with van der Waals surface area (Å²) >= 11 is 0. The highest BCUT2D eigenvalue weighted by Crippen LogP contribution is 2.29. The van der Waals surface area contributed by atoms with Gasteiger partial charge >= 0.3 is 12.1 Å². The molecular weight excluding hydrogens is 251 g/mol. The maximum atomic E-state index is 12.3. The van der Waals surface area contributed by atoms with Crippen molar-refractivity contribution < 1.29 is 27.9 Å². The van der Waals surface area contributed by atoms with E-state index in [0.29, 0.717) is 0 Å². The summed E-state index contributed by atoms with van der Waals surface area (Å²) in [6.45, 7) is 1.25. The van der Waals surface area contributed by atoms with Crippen molar-refractivity contribution in [1.82, 2.24) is 5.32 Å². The van der Waals surface area contributed by atoms with Gasteiger partial charge in [-0.3, -0.25) is 9.59 Å². The third-order valence-corrected chi connectivity index (χ3v) is 2.19. The number of hydrogen-bond acceptors (Lipinski definition) is 2. The molecule has 98 valence electrons. The average molecular weight is 261 g/mol. The first kappa shape index (κ1) is 14.0. The van der Waals surface area contributed by atoms with Crippen molar-refractivity contribution in [3.8, 4) is 0 Å². The third kappa shape index (κ3) is 3.47. The lowest BCUT2D eigenvalue weighted by molar-refractivity contribution is -0.139. The highest BCUT2D eigenvalue weighted by Gasteiger charge is 2.30. The summed E-state index contributed by atoms with van der Waals surface area (Å²) in [6, 6.07) is 2.40. The molecule has 2 N–H and O–H groups in total. The summed E-state index contributed by atoms with van der Waals surface area (Å²) in [5.74, 6) is -1.96. The van der Waals surface area contributed by atoms with Crippen molar-refractivity contribution in [2.75, 3.05) is 0 Å². The maximum Gasteiger partial charge on any atom is 0.416 e. The van der Waals surface area contributed by atoms with Crippen LogP contribution in [0, 0.1) is 0 Å². The van der Waals surface area contributed by atoms with E-state index in [1.807, 2.05) is 0 Å². The smallest absolute Gasteiger partial charge is 0.416 e. The number of hydrogen-bond donors (Lipinski definition) is 2. The lowest BCUT2D eigenvalue weighted by Gasteiger charge is -2.10. The summed E-state index contributed by atoms with van der Waals surface area (Å²) < 4.78 is 36.8. The van der Waals surface area contributed by atoms with Gasteiger partial charge in [-0.2, -0.15) is 13.2 Å². The second-order valence-corrected chi connectivity index (χ2v) is 3.61. The lowest BCUT2D eigenvalue weighted by Crippen LogP contribution is -2.38. The van der Waals surface area contributed by atoms with Crippen LogP contribution in [0.15, 0.2) is 24.3 Å². The molecule has 0 unspecified atom stereocenters. The Bertz CT molecular complexity index is 454. The van der Waals surface area contributed by atoms with Crippen molar-refractivity contribution in [1.29, 1.82) is 0 Å². The fraction of sp³-hybridized carbons (Fsp3) is 0.273. The maximum absolute atomic E-state index is 12.3. The summed E-state index contributed by atoms with van der Waals surface area (Å²) in [5, 5.41) is 10.7. The lowest BCUT2D eigenvalue weighted by atomic mass is 10.1. The van der Waals surface area contributed by atoms with Gasteiger partial charge in [0.15, 0.2) is 0 Å². The molecule has 0 saturated heterocycles. The molecule has 1 aromatic rings. The third-order valence-electron chi connectivity index (χ3n) is 2.19. The number of carboxylic acid groups (broad SMARTS) is 1. The van der Waals surface area contributed by atoms with Crippen molar-refractivity contribution in [3.63, 3.8) is 0 Å². The van der Waals surface area contributed by atoms with E-state index in [2.05, 4.69) is 5.32 Å². The monoisotopic (exact) mass is 261 g/mol. The van der Waals surface area contributed by atoms with Gasteiger partial charge in [0.05, 0.1) is 5.56 Å². The second-order valence-electron chi connectivity index (χ2n) is 3.61. The molecule has 0 saturated carbocycles. The average Bonchev–Trinajstić information content (AvgIpc) is 2.27. The number of carbonyl (C=O) groups is 2. The van der Waals surface area contributed by atoms with E-state index in [-0.39, 0.29) is 5.56 Å². The Kier molecular flexibility index (Phi) is 3.95. The van der Waals surface area contributed by atoms with Crippen LogP contribution in [0.2, 0.25) is 0 Å². The SMILES string of the molecule is C[C@H](NC(=O)c1ccc(C(F)(F)F)cc1)C(=O)O. The quantitative estimate of drug-likeness (QED) is 0.873.